The number of methoxy groups -OCH3 is 1. The zero-order valence-electron chi connectivity index (χ0n) is 15.9. The van der Waals surface area contributed by atoms with E-state index in [1.807, 2.05) is 36.2 Å². The van der Waals surface area contributed by atoms with E-state index in [0.717, 1.165) is 23.6 Å². The van der Waals surface area contributed by atoms with E-state index in [1.54, 1.807) is 14.2 Å². The third-order valence-corrected chi connectivity index (χ3v) is 3.81. The van der Waals surface area contributed by atoms with Crippen LogP contribution in [0, 0.1) is 0 Å². The lowest BCUT2D eigenvalue weighted by Crippen LogP contribution is -2.40. The van der Waals surface area contributed by atoms with Gasteiger partial charge in [-0.1, -0.05) is 18.2 Å². The molecule has 0 saturated carbocycles. The van der Waals surface area contributed by atoms with Gasteiger partial charge in [0.1, 0.15) is 11.4 Å². The Kier molecular flexibility index (Phi) is 7.42. The molecule has 0 atom stereocenters. The number of alkyl halides is 3. The van der Waals surface area contributed by atoms with Crippen molar-refractivity contribution in [3.63, 3.8) is 0 Å². The molecule has 2 aromatic rings. The zero-order chi connectivity index (χ0) is 20.6. The van der Waals surface area contributed by atoms with Crippen LogP contribution in [0.15, 0.2) is 41.5 Å². The maximum Gasteiger partial charge on any atom is 0.433 e. The van der Waals surface area contributed by atoms with Crippen molar-refractivity contribution in [1.82, 2.24) is 20.2 Å². The van der Waals surface area contributed by atoms with Gasteiger partial charge in [-0.15, -0.1) is 0 Å². The molecule has 152 valence electrons. The maximum absolute atomic E-state index is 12.7. The predicted molar refractivity (Wildman–Crippen MR) is 101 cm³/mol. The van der Waals surface area contributed by atoms with Gasteiger partial charge in [0.25, 0.3) is 0 Å². The fourth-order valence-corrected chi connectivity index (χ4v) is 2.50. The highest BCUT2D eigenvalue weighted by Crippen LogP contribution is 2.27. The summed E-state index contributed by atoms with van der Waals surface area (Å²) in [4.78, 5) is 13.4. The topological polar surface area (TPSA) is 74.7 Å². The zero-order valence-corrected chi connectivity index (χ0v) is 15.9. The molecule has 1 aromatic carbocycles. The quantitative estimate of drug-likeness (QED) is 0.426. The molecule has 0 aliphatic heterocycles. The number of anilines is 1. The molecular weight excluding hydrogens is 373 g/mol. The second-order valence-electron chi connectivity index (χ2n) is 5.83. The SMILES string of the molecule is CN=C(NCCNc1nccc(C(F)(F)F)n1)N(C)Cc1ccccc1OC. The minimum Gasteiger partial charge on any atom is -0.496 e. The summed E-state index contributed by atoms with van der Waals surface area (Å²) in [5.74, 6) is 1.35. The Morgan fingerprint density at radius 1 is 1.21 bits per heavy atom. The lowest BCUT2D eigenvalue weighted by Gasteiger charge is -2.23. The van der Waals surface area contributed by atoms with Crippen molar-refractivity contribution in [1.29, 1.82) is 0 Å². The number of halogens is 3. The van der Waals surface area contributed by atoms with E-state index in [4.69, 9.17) is 4.74 Å². The normalized spacial score (nSPS) is 11.9. The second-order valence-corrected chi connectivity index (χ2v) is 5.83. The van der Waals surface area contributed by atoms with Crippen LogP contribution < -0.4 is 15.4 Å². The van der Waals surface area contributed by atoms with E-state index in [0.29, 0.717) is 25.6 Å². The van der Waals surface area contributed by atoms with Crippen molar-refractivity contribution in [2.75, 3.05) is 39.6 Å². The number of ether oxygens (including phenoxy) is 1. The van der Waals surface area contributed by atoms with E-state index in [9.17, 15) is 13.2 Å². The van der Waals surface area contributed by atoms with Crippen LogP contribution in [0.1, 0.15) is 11.3 Å². The molecule has 0 bridgehead atoms. The summed E-state index contributed by atoms with van der Waals surface area (Å²) in [5, 5.41) is 5.90. The third-order valence-electron chi connectivity index (χ3n) is 3.81. The average Bonchev–Trinajstić information content (AvgIpc) is 2.68. The van der Waals surface area contributed by atoms with Crippen molar-refractivity contribution < 1.29 is 17.9 Å². The first-order chi connectivity index (χ1) is 13.3. The van der Waals surface area contributed by atoms with E-state index in [-0.39, 0.29) is 5.95 Å². The number of hydrogen-bond acceptors (Lipinski definition) is 5. The van der Waals surface area contributed by atoms with Gasteiger partial charge in [-0.05, 0) is 12.1 Å². The van der Waals surface area contributed by atoms with Gasteiger partial charge in [-0.3, -0.25) is 4.99 Å². The highest BCUT2D eigenvalue weighted by atomic mass is 19.4. The lowest BCUT2D eigenvalue weighted by molar-refractivity contribution is -0.141. The number of rotatable bonds is 7. The van der Waals surface area contributed by atoms with Crippen molar-refractivity contribution in [3.05, 3.63) is 47.8 Å². The van der Waals surface area contributed by atoms with Crippen molar-refractivity contribution in [2.24, 2.45) is 4.99 Å². The molecule has 10 heteroatoms. The Balaban J connectivity index is 1.85. The van der Waals surface area contributed by atoms with Crippen LogP contribution >= 0.6 is 0 Å². The smallest absolute Gasteiger partial charge is 0.433 e. The van der Waals surface area contributed by atoms with Gasteiger partial charge in [-0.2, -0.15) is 13.2 Å². The molecule has 0 spiro atoms. The molecule has 1 heterocycles. The molecular formula is C18H23F3N6O. The van der Waals surface area contributed by atoms with E-state index in [2.05, 4.69) is 25.6 Å². The monoisotopic (exact) mass is 396 g/mol. The van der Waals surface area contributed by atoms with E-state index in [1.165, 1.54) is 0 Å². The third kappa shape index (κ3) is 6.00. The largest absolute Gasteiger partial charge is 0.496 e. The number of guanidine groups is 1. The number of hydrogen-bond donors (Lipinski definition) is 2. The first-order valence-electron chi connectivity index (χ1n) is 8.53. The van der Waals surface area contributed by atoms with Gasteiger partial charge in [-0.25, -0.2) is 9.97 Å². The minimum absolute atomic E-state index is 0.0750. The Hall–Kier alpha value is -3.04. The van der Waals surface area contributed by atoms with Crippen LogP contribution in [0.2, 0.25) is 0 Å². The summed E-state index contributed by atoms with van der Waals surface area (Å²) in [5.41, 5.74) is 0.0243. The molecule has 0 amide bonds. The molecule has 28 heavy (non-hydrogen) atoms. The summed E-state index contributed by atoms with van der Waals surface area (Å²) in [6.07, 6.45) is -3.42. The Bertz CT molecular complexity index is 797. The fraction of sp³-hybridized carbons (Fsp3) is 0.389. The van der Waals surface area contributed by atoms with Crippen molar-refractivity contribution >= 4 is 11.9 Å². The molecule has 2 N–H and O–H groups in total. The molecule has 0 saturated heterocycles. The second kappa shape index (κ2) is 9.77. The minimum atomic E-state index is -4.50. The van der Waals surface area contributed by atoms with E-state index >= 15 is 0 Å². The number of benzene rings is 1. The first kappa shape index (κ1) is 21.3. The molecule has 0 radical (unpaired) electrons. The molecule has 0 fully saturated rings. The summed E-state index contributed by atoms with van der Waals surface area (Å²) in [6, 6.07) is 8.52. The van der Waals surface area contributed by atoms with Crippen LogP contribution in [0.3, 0.4) is 0 Å². The van der Waals surface area contributed by atoms with E-state index < -0.39 is 11.9 Å². The van der Waals surface area contributed by atoms with Gasteiger partial charge in [0.15, 0.2) is 5.96 Å². The van der Waals surface area contributed by atoms with Crippen LogP contribution in [-0.2, 0) is 12.7 Å². The summed E-state index contributed by atoms with van der Waals surface area (Å²) >= 11 is 0. The molecule has 0 unspecified atom stereocenters. The lowest BCUT2D eigenvalue weighted by atomic mass is 10.2. The molecule has 2 rings (SSSR count). The van der Waals surface area contributed by atoms with Gasteiger partial charge < -0.3 is 20.3 Å². The Morgan fingerprint density at radius 2 is 1.96 bits per heavy atom. The van der Waals surface area contributed by atoms with Crippen molar-refractivity contribution in [3.8, 4) is 5.75 Å². The molecule has 0 aliphatic rings. The van der Waals surface area contributed by atoms with Crippen LogP contribution in [0.5, 0.6) is 5.75 Å². The number of nitrogens with one attached hydrogen (secondary N) is 2. The van der Waals surface area contributed by atoms with Gasteiger partial charge in [0, 0.05) is 45.5 Å². The molecule has 0 aliphatic carbocycles. The summed E-state index contributed by atoms with van der Waals surface area (Å²) in [7, 11) is 5.16. The Morgan fingerprint density at radius 3 is 2.64 bits per heavy atom. The highest BCUT2D eigenvalue weighted by Gasteiger charge is 2.32. The van der Waals surface area contributed by atoms with Gasteiger partial charge in [0.2, 0.25) is 5.95 Å². The number of nitrogens with zero attached hydrogens (tertiary/aromatic N) is 4. The standard InChI is InChI=1S/C18H23F3N6O/c1-22-17(27(2)12-13-6-4-5-7-14(13)28-3)25-11-10-24-16-23-9-8-15(26-16)18(19,20)21/h4-9H,10-12H2,1-3H3,(H,22,25)(H,23,24,26). The molecule has 1 aromatic heterocycles. The van der Waals surface area contributed by atoms with Gasteiger partial charge in [0.05, 0.1) is 7.11 Å². The van der Waals surface area contributed by atoms with Crippen LogP contribution in [0.4, 0.5) is 19.1 Å². The highest BCUT2D eigenvalue weighted by molar-refractivity contribution is 5.79. The maximum atomic E-state index is 12.7. The number of aromatic nitrogens is 2. The van der Waals surface area contributed by atoms with Crippen molar-refractivity contribution in [2.45, 2.75) is 12.7 Å². The fourth-order valence-electron chi connectivity index (χ4n) is 2.50. The predicted octanol–water partition coefficient (Wildman–Crippen LogP) is 2.62. The average molecular weight is 396 g/mol. The van der Waals surface area contributed by atoms with Crippen LogP contribution in [-0.4, -0.2) is 55.1 Å². The number of para-hydroxylation sites is 1. The Labute approximate surface area is 161 Å². The number of aliphatic imine (C=N–C) groups is 1. The molecule has 7 nitrogen and oxygen atoms in total. The van der Waals surface area contributed by atoms with Gasteiger partial charge >= 0.3 is 6.18 Å². The summed E-state index contributed by atoms with van der Waals surface area (Å²) in [6.45, 7) is 1.32. The van der Waals surface area contributed by atoms with Crippen LogP contribution in [0.25, 0.3) is 0 Å². The first-order valence-corrected chi connectivity index (χ1v) is 8.53. The summed E-state index contributed by atoms with van der Waals surface area (Å²) < 4.78 is 43.4.